The fourth-order valence-corrected chi connectivity index (χ4v) is 9.35. The summed E-state index contributed by atoms with van der Waals surface area (Å²) in [7, 11) is 0. The standard InChI is InChI=1S/C42H25NS/c1-4-15-35-31(11-1)32-23-22-29(26-18-20-27(21-19-26)30-14-7-9-28-10-8-24-43-40(28)30)25-37(32)42(35)36-16-5-2-12-33(36)39-34-13-3-6-17-38(34)44-41(39)42/h1-25H. The van der Waals surface area contributed by atoms with Gasteiger partial charge in [0.05, 0.1) is 10.9 Å². The van der Waals surface area contributed by atoms with Gasteiger partial charge in [0, 0.05) is 37.7 Å². The van der Waals surface area contributed by atoms with Gasteiger partial charge < -0.3 is 0 Å². The minimum atomic E-state index is -0.327. The number of hydrogen-bond acceptors (Lipinski definition) is 2. The van der Waals surface area contributed by atoms with Crippen LogP contribution < -0.4 is 0 Å². The average Bonchev–Trinajstić information content (AvgIpc) is 3.71. The van der Waals surface area contributed by atoms with E-state index in [1.54, 1.807) is 0 Å². The van der Waals surface area contributed by atoms with E-state index in [0.717, 1.165) is 16.5 Å². The predicted molar refractivity (Wildman–Crippen MR) is 184 cm³/mol. The van der Waals surface area contributed by atoms with Crippen LogP contribution in [-0.2, 0) is 5.41 Å². The number of benzene rings is 6. The number of thiophene rings is 1. The van der Waals surface area contributed by atoms with Crippen molar-refractivity contribution in [1.29, 1.82) is 0 Å². The molecule has 2 heteroatoms. The zero-order chi connectivity index (χ0) is 28.8. The average molecular weight is 576 g/mol. The molecule has 1 unspecified atom stereocenters. The maximum atomic E-state index is 4.69. The minimum Gasteiger partial charge on any atom is -0.256 e. The zero-order valence-electron chi connectivity index (χ0n) is 23.8. The van der Waals surface area contributed by atoms with Gasteiger partial charge in [-0.2, -0.15) is 0 Å². The Balaban J connectivity index is 1.19. The number of para-hydroxylation sites is 1. The van der Waals surface area contributed by atoms with Gasteiger partial charge in [-0.15, -0.1) is 11.3 Å². The fraction of sp³-hybridized carbons (Fsp3) is 0.0238. The molecule has 204 valence electrons. The summed E-state index contributed by atoms with van der Waals surface area (Å²) in [6.07, 6.45) is 1.88. The molecule has 0 bridgehead atoms. The van der Waals surface area contributed by atoms with Crippen molar-refractivity contribution in [2.45, 2.75) is 5.41 Å². The number of pyridine rings is 1. The minimum absolute atomic E-state index is 0.327. The first-order valence-electron chi connectivity index (χ1n) is 15.1. The lowest BCUT2D eigenvalue weighted by atomic mass is 9.73. The van der Waals surface area contributed by atoms with E-state index in [1.165, 1.54) is 70.6 Å². The number of aromatic nitrogens is 1. The molecule has 1 spiro atoms. The van der Waals surface area contributed by atoms with Crippen molar-refractivity contribution in [3.63, 3.8) is 0 Å². The highest BCUT2D eigenvalue weighted by atomic mass is 32.1. The second kappa shape index (κ2) is 8.86. The van der Waals surface area contributed by atoms with E-state index in [1.807, 2.05) is 23.6 Å². The first-order chi connectivity index (χ1) is 21.8. The van der Waals surface area contributed by atoms with Crippen molar-refractivity contribution in [2.24, 2.45) is 0 Å². The lowest BCUT2D eigenvalue weighted by Crippen LogP contribution is -2.24. The van der Waals surface area contributed by atoms with Crippen LogP contribution in [0.1, 0.15) is 21.6 Å². The molecule has 0 saturated heterocycles. The van der Waals surface area contributed by atoms with Crippen LogP contribution in [0.25, 0.3) is 65.5 Å². The van der Waals surface area contributed by atoms with E-state index in [9.17, 15) is 0 Å². The van der Waals surface area contributed by atoms with Gasteiger partial charge in [0.2, 0.25) is 0 Å². The van der Waals surface area contributed by atoms with Crippen LogP contribution >= 0.6 is 11.3 Å². The molecule has 0 radical (unpaired) electrons. The van der Waals surface area contributed by atoms with E-state index in [0.29, 0.717) is 0 Å². The quantitative estimate of drug-likeness (QED) is 0.200. The van der Waals surface area contributed by atoms with E-state index >= 15 is 0 Å². The van der Waals surface area contributed by atoms with Crippen LogP contribution in [0.5, 0.6) is 0 Å². The van der Waals surface area contributed by atoms with Crippen molar-refractivity contribution in [3.8, 4) is 44.5 Å². The molecule has 2 aromatic heterocycles. The van der Waals surface area contributed by atoms with Gasteiger partial charge in [-0.3, -0.25) is 4.98 Å². The van der Waals surface area contributed by atoms with Crippen molar-refractivity contribution < 1.29 is 0 Å². The topological polar surface area (TPSA) is 12.9 Å². The van der Waals surface area contributed by atoms with E-state index in [4.69, 9.17) is 4.98 Å². The van der Waals surface area contributed by atoms with Crippen molar-refractivity contribution in [1.82, 2.24) is 4.98 Å². The Morgan fingerprint density at radius 2 is 1.14 bits per heavy atom. The second-order valence-corrected chi connectivity index (χ2v) is 12.9. The maximum Gasteiger partial charge on any atom is 0.0819 e. The summed E-state index contributed by atoms with van der Waals surface area (Å²) in [6, 6.07) is 53.8. The van der Waals surface area contributed by atoms with E-state index in [-0.39, 0.29) is 5.41 Å². The summed E-state index contributed by atoms with van der Waals surface area (Å²) >= 11 is 1.96. The first-order valence-corrected chi connectivity index (χ1v) is 15.9. The summed E-state index contributed by atoms with van der Waals surface area (Å²) in [4.78, 5) is 6.14. The van der Waals surface area contributed by atoms with Crippen LogP contribution in [0, 0.1) is 0 Å². The summed E-state index contributed by atoms with van der Waals surface area (Å²) in [5.74, 6) is 0. The summed E-state index contributed by atoms with van der Waals surface area (Å²) < 4.78 is 1.35. The smallest absolute Gasteiger partial charge is 0.0819 e. The Labute approximate surface area is 259 Å². The molecule has 8 aromatic rings. The second-order valence-electron chi connectivity index (χ2n) is 11.9. The van der Waals surface area contributed by atoms with Crippen LogP contribution in [0.4, 0.5) is 0 Å². The maximum absolute atomic E-state index is 4.69. The summed E-state index contributed by atoms with van der Waals surface area (Å²) in [5.41, 5.74) is 15.1. The molecular weight excluding hydrogens is 551 g/mol. The van der Waals surface area contributed by atoms with Crippen molar-refractivity contribution in [3.05, 3.63) is 173 Å². The van der Waals surface area contributed by atoms with Gasteiger partial charge in [0.1, 0.15) is 0 Å². The summed E-state index contributed by atoms with van der Waals surface area (Å²) in [6.45, 7) is 0. The van der Waals surface area contributed by atoms with Crippen molar-refractivity contribution in [2.75, 3.05) is 0 Å². The fourth-order valence-electron chi connectivity index (χ4n) is 7.90. The number of rotatable bonds is 2. The largest absolute Gasteiger partial charge is 0.256 e. The van der Waals surface area contributed by atoms with Gasteiger partial charge in [-0.25, -0.2) is 0 Å². The highest BCUT2D eigenvalue weighted by Crippen LogP contribution is 2.66. The van der Waals surface area contributed by atoms with Gasteiger partial charge in [0.25, 0.3) is 0 Å². The third-order valence-electron chi connectivity index (χ3n) is 9.74. The molecule has 0 fully saturated rings. The van der Waals surface area contributed by atoms with Gasteiger partial charge in [-0.05, 0) is 68.3 Å². The SMILES string of the molecule is c1ccc2c(c1)-c1ccc(-c3ccc(-c4cccc5cccnc45)cc3)cc1C21c2ccccc2-c2c1sc1ccccc21. The molecule has 0 amide bonds. The molecule has 0 saturated carbocycles. The van der Waals surface area contributed by atoms with Crippen molar-refractivity contribution >= 4 is 32.3 Å². The molecule has 2 heterocycles. The van der Waals surface area contributed by atoms with Crippen LogP contribution in [-0.4, -0.2) is 4.98 Å². The van der Waals surface area contributed by atoms with Gasteiger partial charge in [-0.1, -0.05) is 127 Å². The lowest BCUT2D eigenvalue weighted by Gasteiger charge is -2.29. The highest BCUT2D eigenvalue weighted by molar-refractivity contribution is 7.20. The zero-order valence-corrected chi connectivity index (χ0v) is 24.6. The Bertz CT molecular complexity index is 2440. The van der Waals surface area contributed by atoms with Gasteiger partial charge >= 0.3 is 0 Å². The third-order valence-corrected chi connectivity index (χ3v) is 11.0. The molecular formula is C42H25NS. The first kappa shape index (κ1) is 24.2. The Morgan fingerprint density at radius 3 is 2.02 bits per heavy atom. The predicted octanol–water partition coefficient (Wildman–Crippen LogP) is 11.1. The van der Waals surface area contributed by atoms with E-state index < -0.39 is 0 Å². The molecule has 10 rings (SSSR count). The Kier molecular flexibility index (Phi) is 4.86. The highest BCUT2D eigenvalue weighted by Gasteiger charge is 2.53. The molecule has 44 heavy (non-hydrogen) atoms. The molecule has 1 atom stereocenters. The molecule has 0 N–H and O–H groups in total. The lowest BCUT2D eigenvalue weighted by molar-refractivity contribution is 0.812. The van der Waals surface area contributed by atoms with E-state index in [2.05, 4.69) is 140 Å². The Hall–Kier alpha value is -5.31. The third kappa shape index (κ3) is 3.05. The van der Waals surface area contributed by atoms with Crippen LogP contribution in [0.3, 0.4) is 0 Å². The van der Waals surface area contributed by atoms with Crippen LogP contribution in [0.2, 0.25) is 0 Å². The molecule has 0 aliphatic heterocycles. The molecule has 6 aromatic carbocycles. The number of fused-ring (bicyclic) bond motifs is 13. The Morgan fingerprint density at radius 1 is 0.477 bits per heavy atom. The normalized spacial score (nSPS) is 15.8. The van der Waals surface area contributed by atoms with Crippen LogP contribution in [0.15, 0.2) is 152 Å². The van der Waals surface area contributed by atoms with Gasteiger partial charge in [0.15, 0.2) is 0 Å². The molecule has 1 nitrogen and oxygen atoms in total. The molecule has 2 aliphatic rings. The number of hydrogen-bond donors (Lipinski definition) is 0. The molecule has 2 aliphatic carbocycles. The monoisotopic (exact) mass is 575 g/mol. The summed E-state index contributed by atoms with van der Waals surface area (Å²) in [5, 5.41) is 2.52. The number of nitrogens with zero attached hydrogens (tertiary/aromatic N) is 1.